The van der Waals surface area contributed by atoms with Crippen molar-refractivity contribution in [1.82, 2.24) is 9.88 Å². The standard InChI is InChI=1S/C15H17FN4OS/c16-12-1-3-13(4-2-12)19-6-8-20(9-7-19)14(21)11-18-15-17-5-10-22-15/h1-5,10H,6-9,11H2,(H,17,18). The fourth-order valence-corrected chi connectivity index (χ4v) is 2.97. The van der Waals surface area contributed by atoms with Gasteiger partial charge in [0.1, 0.15) is 5.82 Å². The number of anilines is 2. The Labute approximate surface area is 132 Å². The molecule has 5 nitrogen and oxygen atoms in total. The molecule has 0 aliphatic carbocycles. The Kier molecular flexibility index (Phi) is 4.53. The molecule has 1 aliphatic rings. The molecule has 2 heterocycles. The minimum atomic E-state index is -0.231. The topological polar surface area (TPSA) is 48.5 Å². The third-order valence-corrected chi connectivity index (χ3v) is 4.38. The second kappa shape index (κ2) is 6.74. The zero-order valence-corrected chi connectivity index (χ0v) is 12.9. The number of hydrogen-bond acceptors (Lipinski definition) is 5. The van der Waals surface area contributed by atoms with Gasteiger partial charge >= 0.3 is 0 Å². The van der Waals surface area contributed by atoms with E-state index in [1.54, 1.807) is 18.3 Å². The van der Waals surface area contributed by atoms with E-state index in [4.69, 9.17) is 0 Å². The fourth-order valence-electron chi connectivity index (χ4n) is 2.44. The average Bonchev–Trinajstić information content (AvgIpc) is 3.07. The predicted molar refractivity (Wildman–Crippen MR) is 85.8 cm³/mol. The summed E-state index contributed by atoms with van der Waals surface area (Å²) in [4.78, 5) is 20.3. The highest BCUT2D eigenvalue weighted by Crippen LogP contribution is 2.17. The lowest BCUT2D eigenvalue weighted by molar-refractivity contribution is -0.129. The van der Waals surface area contributed by atoms with Gasteiger partial charge in [-0.2, -0.15) is 0 Å². The minimum Gasteiger partial charge on any atom is -0.368 e. The Morgan fingerprint density at radius 2 is 1.95 bits per heavy atom. The second-order valence-corrected chi connectivity index (χ2v) is 5.93. The smallest absolute Gasteiger partial charge is 0.242 e. The quantitative estimate of drug-likeness (QED) is 0.937. The third kappa shape index (κ3) is 3.54. The van der Waals surface area contributed by atoms with Crippen LogP contribution in [0.5, 0.6) is 0 Å². The first-order chi connectivity index (χ1) is 10.7. The lowest BCUT2D eigenvalue weighted by atomic mass is 10.2. The summed E-state index contributed by atoms with van der Waals surface area (Å²) in [7, 11) is 0. The molecule has 1 aromatic heterocycles. The van der Waals surface area contributed by atoms with Crippen LogP contribution in [0, 0.1) is 5.82 Å². The first-order valence-electron chi connectivity index (χ1n) is 7.14. The van der Waals surface area contributed by atoms with Crippen molar-refractivity contribution in [3.63, 3.8) is 0 Å². The number of carbonyl (C=O) groups is 1. The molecule has 0 bridgehead atoms. The van der Waals surface area contributed by atoms with Gasteiger partial charge in [-0.05, 0) is 24.3 Å². The molecule has 3 rings (SSSR count). The van der Waals surface area contributed by atoms with E-state index < -0.39 is 0 Å². The molecule has 116 valence electrons. The van der Waals surface area contributed by atoms with Crippen LogP contribution in [0.4, 0.5) is 15.2 Å². The van der Waals surface area contributed by atoms with E-state index in [1.807, 2.05) is 10.3 Å². The monoisotopic (exact) mass is 320 g/mol. The van der Waals surface area contributed by atoms with Crippen molar-refractivity contribution < 1.29 is 9.18 Å². The number of piperazine rings is 1. The van der Waals surface area contributed by atoms with Crippen LogP contribution in [0.1, 0.15) is 0 Å². The van der Waals surface area contributed by atoms with Gasteiger partial charge in [-0.15, -0.1) is 11.3 Å². The van der Waals surface area contributed by atoms with Gasteiger partial charge in [0.15, 0.2) is 5.13 Å². The van der Waals surface area contributed by atoms with Crippen LogP contribution in [-0.4, -0.2) is 48.5 Å². The first kappa shape index (κ1) is 14.8. The van der Waals surface area contributed by atoms with E-state index in [0.717, 1.165) is 23.9 Å². The Balaban J connectivity index is 1.48. The molecule has 1 saturated heterocycles. The van der Waals surface area contributed by atoms with Crippen LogP contribution in [0.25, 0.3) is 0 Å². The van der Waals surface area contributed by atoms with Crippen molar-refractivity contribution in [2.24, 2.45) is 0 Å². The minimum absolute atomic E-state index is 0.0777. The van der Waals surface area contributed by atoms with Gasteiger partial charge in [0.2, 0.25) is 5.91 Å². The number of nitrogens with one attached hydrogen (secondary N) is 1. The second-order valence-electron chi connectivity index (χ2n) is 5.04. The molecule has 0 saturated carbocycles. The summed E-state index contributed by atoms with van der Waals surface area (Å²) in [6, 6.07) is 6.48. The van der Waals surface area contributed by atoms with E-state index in [9.17, 15) is 9.18 Å². The number of amides is 1. The van der Waals surface area contributed by atoms with E-state index in [0.29, 0.717) is 13.1 Å². The summed E-state index contributed by atoms with van der Waals surface area (Å²) in [6.07, 6.45) is 1.71. The Morgan fingerprint density at radius 1 is 1.23 bits per heavy atom. The van der Waals surface area contributed by atoms with Crippen molar-refractivity contribution in [3.8, 4) is 0 Å². The zero-order valence-electron chi connectivity index (χ0n) is 12.0. The van der Waals surface area contributed by atoms with Crippen LogP contribution in [-0.2, 0) is 4.79 Å². The van der Waals surface area contributed by atoms with Gasteiger partial charge in [0.25, 0.3) is 0 Å². The fraction of sp³-hybridized carbons (Fsp3) is 0.333. The summed E-state index contributed by atoms with van der Waals surface area (Å²) in [5, 5.41) is 5.66. The van der Waals surface area contributed by atoms with Crippen LogP contribution in [0.2, 0.25) is 0 Å². The van der Waals surface area contributed by atoms with Crippen molar-refractivity contribution in [2.45, 2.75) is 0 Å². The maximum atomic E-state index is 12.9. The normalized spacial score (nSPS) is 15.0. The first-order valence-corrected chi connectivity index (χ1v) is 8.02. The lowest BCUT2D eigenvalue weighted by Gasteiger charge is -2.36. The molecule has 0 radical (unpaired) electrons. The number of thiazole rings is 1. The van der Waals surface area contributed by atoms with Gasteiger partial charge in [0, 0.05) is 43.4 Å². The molecule has 1 aromatic carbocycles. The van der Waals surface area contributed by atoms with Gasteiger partial charge < -0.3 is 15.1 Å². The van der Waals surface area contributed by atoms with E-state index >= 15 is 0 Å². The predicted octanol–water partition coefficient (Wildman–Crippen LogP) is 2.04. The summed E-state index contributed by atoms with van der Waals surface area (Å²) < 4.78 is 12.9. The number of rotatable bonds is 4. The molecule has 22 heavy (non-hydrogen) atoms. The average molecular weight is 320 g/mol. The molecule has 1 fully saturated rings. The van der Waals surface area contributed by atoms with Crippen LogP contribution in [0.3, 0.4) is 0 Å². The number of aromatic nitrogens is 1. The zero-order chi connectivity index (χ0) is 15.4. The van der Waals surface area contributed by atoms with Crippen LogP contribution >= 0.6 is 11.3 Å². The summed E-state index contributed by atoms with van der Waals surface area (Å²) in [6.45, 7) is 3.14. The van der Waals surface area contributed by atoms with Gasteiger partial charge in [0.05, 0.1) is 6.54 Å². The molecule has 7 heteroatoms. The molecule has 0 atom stereocenters. The maximum Gasteiger partial charge on any atom is 0.242 e. The highest BCUT2D eigenvalue weighted by atomic mass is 32.1. The highest BCUT2D eigenvalue weighted by molar-refractivity contribution is 7.13. The maximum absolute atomic E-state index is 12.9. The van der Waals surface area contributed by atoms with Crippen molar-refractivity contribution in [1.29, 1.82) is 0 Å². The Morgan fingerprint density at radius 3 is 2.59 bits per heavy atom. The summed E-state index contributed by atoms with van der Waals surface area (Å²) in [5.41, 5.74) is 0.995. The van der Waals surface area contributed by atoms with Crippen LogP contribution in [0.15, 0.2) is 35.8 Å². The molecule has 2 aromatic rings. The number of benzene rings is 1. The van der Waals surface area contributed by atoms with Gasteiger partial charge in [-0.1, -0.05) is 0 Å². The van der Waals surface area contributed by atoms with Gasteiger partial charge in [-0.25, -0.2) is 9.37 Å². The largest absolute Gasteiger partial charge is 0.368 e. The lowest BCUT2D eigenvalue weighted by Crippen LogP contribution is -2.50. The third-order valence-electron chi connectivity index (χ3n) is 3.65. The number of hydrogen-bond donors (Lipinski definition) is 1. The molecule has 1 N–H and O–H groups in total. The van der Waals surface area contributed by atoms with Crippen molar-refractivity contribution >= 4 is 28.1 Å². The number of carbonyl (C=O) groups excluding carboxylic acids is 1. The molecule has 1 amide bonds. The Hall–Kier alpha value is -2.15. The van der Waals surface area contributed by atoms with Gasteiger partial charge in [-0.3, -0.25) is 4.79 Å². The molecule has 0 unspecified atom stereocenters. The SMILES string of the molecule is O=C(CNc1nccs1)N1CCN(c2ccc(F)cc2)CC1. The van der Waals surface area contributed by atoms with E-state index in [-0.39, 0.29) is 18.3 Å². The van der Waals surface area contributed by atoms with Crippen molar-refractivity contribution in [2.75, 3.05) is 42.9 Å². The van der Waals surface area contributed by atoms with Crippen molar-refractivity contribution in [3.05, 3.63) is 41.7 Å². The molecule has 1 aliphatic heterocycles. The molecular formula is C15H17FN4OS. The number of nitrogens with zero attached hydrogens (tertiary/aromatic N) is 3. The Bertz CT molecular complexity index is 609. The summed E-state index contributed by atoms with van der Waals surface area (Å²) in [5.74, 6) is -0.153. The van der Waals surface area contributed by atoms with E-state index in [2.05, 4.69) is 15.2 Å². The molecule has 0 spiro atoms. The number of halogens is 1. The molecular weight excluding hydrogens is 303 g/mol. The van der Waals surface area contributed by atoms with Crippen LogP contribution < -0.4 is 10.2 Å². The highest BCUT2D eigenvalue weighted by Gasteiger charge is 2.21. The van der Waals surface area contributed by atoms with E-state index in [1.165, 1.54) is 23.5 Å². The summed E-state index contributed by atoms with van der Waals surface area (Å²) >= 11 is 1.48.